The third-order valence-electron chi connectivity index (χ3n) is 8.11. The van der Waals surface area contributed by atoms with Gasteiger partial charge in [0.2, 0.25) is 5.91 Å². The maximum absolute atomic E-state index is 14.3. The number of halogens is 6. The van der Waals surface area contributed by atoms with E-state index < -0.39 is 53.4 Å². The molecule has 5 rings (SSSR count). The molecule has 3 N–H and O–H groups in total. The summed E-state index contributed by atoms with van der Waals surface area (Å²) in [4.78, 5) is 27.2. The van der Waals surface area contributed by atoms with E-state index >= 15 is 0 Å². The van der Waals surface area contributed by atoms with Gasteiger partial charge in [-0.1, -0.05) is 18.9 Å². The molecule has 7 nitrogen and oxygen atoms in total. The van der Waals surface area contributed by atoms with Crippen molar-refractivity contribution in [2.75, 3.05) is 31.6 Å². The third-order valence-corrected chi connectivity index (χ3v) is 8.11. The quantitative estimate of drug-likeness (QED) is 0.359. The molecule has 0 spiro atoms. The maximum atomic E-state index is 14.3. The van der Waals surface area contributed by atoms with Gasteiger partial charge in [-0.3, -0.25) is 9.59 Å². The van der Waals surface area contributed by atoms with Gasteiger partial charge in [0, 0.05) is 6.54 Å². The minimum Gasteiger partial charge on any atom is -0.482 e. The van der Waals surface area contributed by atoms with Crippen molar-refractivity contribution in [1.29, 1.82) is 0 Å². The number of hydrogen-bond acceptors (Lipinski definition) is 5. The highest BCUT2D eigenvalue weighted by molar-refractivity contribution is 5.95. The van der Waals surface area contributed by atoms with Gasteiger partial charge in [0.05, 0.1) is 34.9 Å². The molecular formula is C29H31F6N3O4. The molecule has 228 valence electrons. The second kappa shape index (κ2) is 11.4. The number of hydrogen-bond donors (Lipinski definition) is 3. The number of piperidine rings is 1. The lowest BCUT2D eigenvalue weighted by atomic mass is 9.73. The van der Waals surface area contributed by atoms with E-state index in [0.717, 1.165) is 12.8 Å². The molecular weight excluding hydrogens is 568 g/mol. The molecule has 0 bridgehead atoms. The van der Waals surface area contributed by atoms with Crippen LogP contribution in [0.5, 0.6) is 5.75 Å². The topological polar surface area (TPSA) is 90.9 Å². The average molecular weight is 600 g/mol. The number of nitrogens with one attached hydrogen (secondary N) is 2. The minimum atomic E-state index is -5.04. The fraction of sp³-hybridized carbons (Fsp3) is 0.517. The van der Waals surface area contributed by atoms with Gasteiger partial charge < -0.3 is 25.4 Å². The van der Waals surface area contributed by atoms with Gasteiger partial charge >= 0.3 is 12.4 Å². The molecule has 1 saturated carbocycles. The van der Waals surface area contributed by atoms with E-state index in [1.165, 1.54) is 23.1 Å². The second-order valence-electron chi connectivity index (χ2n) is 11.4. The molecule has 2 aromatic rings. The molecule has 1 aliphatic carbocycles. The summed E-state index contributed by atoms with van der Waals surface area (Å²) in [6, 6.07) is 5.81. The summed E-state index contributed by atoms with van der Waals surface area (Å²) in [5.41, 5.74) is -3.55. The molecule has 1 saturated heterocycles. The first-order valence-electron chi connectivity index (χ1n) is 13.8. The van der Waals surface area contributed by atoms with Crippen molar-refractivity contribution in [3.05, 3.63) is 58.7 Å². The summed E-state index contributed by atoms with van der Waals surface area (Å²) in [6.45, 7) is -0.0360. The van der Waals surface area contributed by atoms with E-state index in [2.05, 4.69) is 10.6 Å². The summed E-state index contributed by atoms with van der Waals surface area (Å²) in [6.07, 6.45) is -8.03. The van der Waals surface area contributed by atoms with Gasteiger partial charge in [0.15, 0.2) is 6.61 Å². The number of alkyl halides is 6. The van der Waals surface area contributed by atoms with E-state index in [4.69, 9.17) is 4.74 Å². The van der Waals surface area contributed by atoms with Crippen molar-refractivity contribution in [1.82, 2.24) is 10.2 Å². The highest BCUT2D eigenvalue weighted by Gasteiger charge is 2.46. The average Bonchev–Trinajstić information content (AvgIpc) is 3.75. The molecule has 0 radical (unpaired) electrons. The summed E-state index contributed by atoms with van der Waals surface area (Å²) in [7, 11) is 0. The van der Waals surface area contributed by atoms with Crippen molar-refractivity contribution < 1.29 is 45.8 Å². The molecule has 1 unspecified atom stereocenters. The predicted octanol–water partition coefficient (Wildman–Crippen LogP) is 5.29. The predicted molar refractivity (Wildman–Crippen MR) is 139 cm³/mol. The van der Waals surface area contributed by atoms with E-state index in [1.54, 1.807) is 0 Å². The van der Waals surface area contributed by atoms with E-state index in [0.29, 0.717) is 67.4 Å². The van der Waals surface area contributed by atoms with Gasteiger partial charge in [0.1, 0.15) is 5.75 Å². The van der Waals surface area contributed by atoms with Gasteiger partial charge in [-0.05, 0) is 79.7 Å². The Hall–Kier alpha value is -3.32. The Morgan fingerprint density at radius 2 is 1.67 bits per heavy atom. The standard InChI is InChI=1S/C29H31F6N3O4/c30-28(31,32)20-9-18(10-21(12-20)29(33,34)35)14-38(26(41)27(13-17-1-2-17)5-7-36-8-6-27)15-23(39)19-3-4-24-22(11-19)37-25(40)16-42-24/h3-4,9-12,17,23,36,39H,1-2,5-8,13-16H2,(H,37,40). The molecule has 0 aromatic heterocycles. The smallest absolute Gasteiger partial charge is 0.416 e. The first-order chi connectivity index (χ1) is 19.7. The molecule has 2 heterocycles. The van der Waals surface area contributed by atoms with Crippen LogP contribution in [0.2, 0.25) is 0 Å². The Balaban J connectivity index is 1.50. The van der Waals surface area contributed by atoms with E-state index in [-0.39, 0.29) is 24.8 Å². The number of nitrogens with zero attached hydrogens (tertiary/aromatic N) is 1. The number of ether oxygens (including phenoxy) is 1. The molecule has 2 fully saturated rings. The highest BCUT2D eigenvalue weighted by atomic mass is 19.4. The lowest BCUT2D eigenvalue weighted by Gasteiger charge is -2.41. The number of fused-ring (bicyclic) bond motifs is 1. The Morgan fingerprint density at radius 3 is 2.26 bits per heavy atom. The van der Waals surface area contributed by atoms with Crippen LogP contribution < -0.4 is 15.4 Å². The number of carbonyl (C=O) groups excluding carboxylic acids is 2. The van der Waals surface area contributed by atoms with Gasteiger partial charge in [-0.15, -0.1) is 0 Å². The summed E-state index contributed by atoms with van der Waals surface area (Å²) in [5.74, 6) is -0.104. The molecule has 13 heteroatoms. The Kier molecular flexibility index (Phi) is 8.18. The van der Waals surface area contributed by atoms with Crippen molar-refractivity contribution in [2.24, 2.45) is 11.3 Å². The zero-order chi connectivity index (χ0) is 30.3. The van der Waals surface area contributed by atoms with E-state index in [1.807, 2.05) is 0 Å². The van der Waals surface area contributed by atoms with Crippen LogP contribution in [0.1, 0.15) is 60.5 Å². The number of rotatable bonds is 8. The van der Waals surface area contributed by atoms with Gasteiger partial charge in [0.25, 0.3) is 5.91 Å². The molecule has 42 heavy (non-hydrogen) atoms. The van der Waals surface area contributed by atoms with E-state index in [9.17, 15) is 41.0 Å². The molecule has 2 aromatic carbocycles. The second-order valence-corrected chi connectivity index (χ2v) is 11.4. The minimum absolute atomic E-state index is 0.0510. The Labute approximate surface area is 238 Å². The zero-order valence-corrected chi connectivity index (χ0v) is 22.6. The number of aliphatic hydroxyl groups is 1. The van der Waals surface area contributed by atoms with Crippen molar-refractivity contribution >= 4 is 17.5 Å². The Bertz CT molecular complexity index is 1300. The lowest BCUT2D eigenvalue weighted by molar-refractivity contribution is -0.147. The van der Waals surface area contributed by atoms with Gasteiger partial charge in [-0.25, -0.2) is 0 Å². The zero-order valence-electron chi connectivity index (χ0n) is 22.6. The summed E-state index contributed by atoms with van der Waals surface area (Å²) >= 11 is 0. The maximum Gasteiger partial charge on any atom is 0.416 e. The van der Waals surface area contributed by atoms with Crippen LogP contribution in [0.3, 0.4) is 0 Å². The van der Waals surface area contributed by atoms with Crippen molar-refractivity contribution in [3.63, 3.8) is 0 Å². The fourth-order valence-corrected chi connectivity index (χ4v) is 5.79. The Morgan fingerprint density at radius 1 is 1.02 bits per heavy atom. The monoisotopic (exact) mass is 599 g/mol. The third kappa shape index (κ3) is 6.83. The molecule has 1 atom stereocenters. The summed E-state index contributed by atoms with van der Waals surface area (Å²) < 4.78 is 86.9. The molecule has 3 aliphatic rings. The van der Waals surface area contributed by atoms with Crippen LogP contribution >= 0.6 is 0 Å². The molecule has 2 aliphatic heterocycles. The lowest BCUT2D eigenvalue weighted by Crippen LogP contribution is -2.50. The summed E-state index contributed by atoms with van der Waals surface area (Å²) in [5, 5.41) is 17.0. The number of carbonyl (C=O) groups is 2. The largest absolute Gasteiger partial charge is 0.482 e. The van der Waals surface area contributed by atoms with Gasteiger partial charge in [-0.2, -0.15) is 26.3 Å². The van der Waals surface area contributed by atoms with Crippen molar-refractivity contribution in [2.45, 2.75) is 57.1 Å². The first-order valence-corrected chi connectivity index (χ1v) is 13.8. The highest BCUT2D eigenvalue weighted by Crippen LogP contribution is 2.46. The fourth-order valence-electron chi connectivity index (χ4n) is 5.79. The van der Waals surface area contributed by atoms with Crippen LogP contribution in [-0.2, 0) is 28.5 Å². The number of amides is 2. The number of anilines is 1. The van der Waals surface area contributed by atoms with Crippen LogP contribution in [0, 0.1) is 11.3 Å². The SMILES string of the molecule is O=C1COc2ccc(C(O)CN(Cc3cc(C(F)(F)F)cc(C(F)(F)F)c3)C(=O)C3(CC4CC4)CCNCC3)cc2N1. The van der Waals surface area contributed by atoms with Crippen LogP contribution in [-0.4, -0.2) is 48.1 Å². The van der Waals surface area contributed by atoms with Crippen LogP contribution in [0.4, 0.5) is 32.0 Å². The number of aliphatic hydroxyl groups excluding tert-OH is 1. The first kappa shape index (κ1) is 30.1. The van der Waals surface area contributed by atoms with Crippen LogP contribution in [0.15, 0.2) is 36.4 Å². The van der Waals surface area contributed by atoms with Crippen LogP contribution in [0.25, 0.3) is 0 Å². The number of benzene rings is 2. The normalized spacial score (nSPS) is 19.4. The van der Waals surface area contributed by atoms with Crippen molar-refractivity contribution in [3.8, 4) is 5.75 Å². The molecule has 2 amide bonds.